The van der Waals surface area contributed by atoms with Crippen molar-refractivity contribution in [2.45, 2.75) is 37.9 Å². The van der Waals surface area contributed by atoms with Crippen molar-refractivity contribution in [1.29, 1.82) is 0 Å². The summed E-state index contributed by atoms with van der Waals surface area (Å²) in [6.07, 6.45) is 4.85. The number of benzene rings is 2. The van der Waals surface area contributed by atoms with Gasteiger partial charge in [-0.05, 0) is 62.1 Å². The first-order valence-corrected chi connectivity index (χ1v) is 12.1. The third-order valence-corrected chi connectivity index (χ3v) is 7.14. The lowest BCUT2D eigenvalue weighted by Gasteiger charge is -2.29. The van der Waals surface area contributed by atoms with Crippen molar-refractivity contribution in [2.24, 2.45) is 0 Å². The third kappa shape index (κ3) is 3.83. The van der Waals surface area contributed by atoms with Gasteiger partial charge in [-0.1, -0.05) is 0 Å². The second-order valence-electron chi connectivity index (χ2n) is 9.46. The van der Waals surface area contributed by atoms with Crippen LogP contribution in [-0.2, 0) is 0 Å². The number of alkyl halides is 2. The molecule has 1 aliphatic heterocycles. The molecule has 1 aliphatic carbocycles. The Morgan fingerprint density at radius 1 is 1.00 bits per heavy atom. The van der Waals surface area contributed by atoms with Gasteiger partial charge in [0.05, 0.1) is 22.2 Å². The molecule has 9 heteroatoms. The Hall–Kier alpha value is -3.75. The minimum atomic E-state index is -1.07. The van der Waals surface area contributed by atoms with E-state index < -0.39 is 24.4 Å². The highest BCUT2D eigenvalue weighted by Crippen LogP contribution is 2.38. The summed E-state index contributed by atoms with van der Waals surface area (Å²) in [6.45, 7) is -0.547. The van der Waals surface area contributed by atoms with Crippen molar-refractivity contribution in [2.75, 3.05) is 20.0 Å². The molecule has 0 N–H and O–H groups in total. The van der Waals surface area contributed by atoms with Crippen LogP contribution in [0.25, 0.3) is 27.4 Å². The van der Waals surface area contributed by atoms with Gasteiger partial charge in [0.15, 0.2) is 0 Å². The maximum Gasteiger partial charge on any atom is 0.263 e. The van der Waals surface area contributed by atoms with Crippen LogP contribution < -0.4 is 10.3 Å². The van der Waals surface area contributed by atoms with Gasteiger partial charge in [0.25, 0.3) is 11.5 Å². The van der Waals surface area contributed by atoms with Gasteiger partial charge in [-0.25, -0.2) is 13.2 Å². The summed E-state index contributed by atoms with van der Waals surface area (Å²) >= 11 is 0. The highest BCUT2D eigenvalue weighted by Gasteiger charge is 2.27. The van der Waals surface area contributed by atoms with Gasteiger partial charge in [0.1, 0.15) is 17.7 Å². The van der Waals surface area contributed by atoms with Crippen LogP contribution in [0.4, 0.5) is 13.2 Å². The van der Waals surface area contributed by atoms with E-state index in [-0.39, 0.29) is 54.2 Å². The number of hydrogen-bond acceptors (Lipinski definition) is 3. The van der Waals surface area contributed by atoms with Crippen molar-refractivity contribution in [3.63, 3.8) is 0 Å². The number of nitrogens with zero attached hydrogens (tertiary/aromatic N) is 3. The number of rotatable bonds is 5. The van der Waals surface area contributed by atoms with Gasteiger partial charge < -0.3 is 14.2 Å². The van der Waals surface area contributed by atoms with Crippen LogP contribution in [0, 0.1) is 5.82 Å². The molecule has 2 aromatic carbocycles. The van der Waals surface area contributed by atoms with Crippen LogP contribution >= 0.6 is 0 Å². The lowest BCUT2D eigenvalue weighted by atomic mass is 10.0. The molecule has 3 heterocycles. The minimum Gasteiger partial charge on any atom is -0.463 e. The maximum absolute atomic E-state index is 15.1. The van der Waals surface area contributed by atoms with Crippen molar-refractivity contribution in [3.8, 4) is 11.4 Å². The lowest BCUT2D eigenvalue weighted by molar-refractivity contribution is 0.0668. The number of likely N-dealkylation sites (tertiary alicyclic amines) is 1. The van der Waals surface area contributed by atoms with Gasteiger partial charge in [-0.2, -0.15) is 0 Å². The summed E-state index contributed by atoms with van der Waals surface area (Å²) in [5.74, 6) is -0.676. The van der Waals surface area contributed by atoms with Crippen LogP contribution in [0.2, 0.25) is 0 Å². The number of hydrogen-bond donors (Lipinski definition) is 0. The Morgan fingerprint density at radius 3 is 2.50 bits per heavy atom. The summed E-state index contributed by atoms with van der Waals surface area (Å²) in [4.78, 5) is 28.7. The Morgan fingerprint density at radius 2 is 1.78 bits per heavy atom. The van der Waals surface area contributed by atoms with Gasteiger partial charge >= 0.3 is 0 Å². The quantitative estimate of drug-likeness (QED) is 0.378. The van der Waals surface area contributed by atoms with E-state index >= 15 is 4.39 Å². The lowest BCUT2D eigenvalue weighted by Crippen LogP contribution is -2.39. The van der Waals surface area contributed by atoms with Gasteiger partial charge in [0, 0.05) is 42.3 Å². The molecule has 6 rings (SSSR count). The topological polar surface area (TPSA) is 56.5 Å². The third-order valence-electron chi connectivity index (χ3n) is 7.14. The van der Waals surface area contributed by atoms with Gasteiger partial charge in [0.2, 0.25) is 6.86 Å². The van der Waals surface area contributed by atoms with E-state index in [1.165, 1.54) is 29.0 Å². The average molecular weight is 496 g/mol. The number of halogens is 3. The van der Waals surface area contributed by atoms with Crippen molar-refractivity contribution in [3.05, 3.63) is 70.5 Å². The number of amides is 1. The number of fused-ring (bicyclic) bond motifs is 2. The Bertz CT molecular complexity index is 1550. The number of ether oxygens (including phenoxy) is 1. The normalized spacial score (nSPS) is 16.7. The molecular weight excluding hydrogens is 471 g/mol. The number of aromatic nitrogens is 2. The van der Waals surface area contributed by atoms with Crippen molar-refractivity contribution >= 4 is 27.6 Å². The summed E-state index contributed by atoms with van der Waals surface area (Å²) < 4.78 is 49.9. The maximum atomic E-state index is 15.1. The molecule has 0 spiro atoms. The van der Waals surface area contributed by atoms with E-state index in [1.807, 2.05) is 10.8 Å². The highest BCUT2D eigenvalue weighted by atomic mass is 19.1. The first-order valence-electron chi connectivity index (χ1n) is 12.1. The molecule has 0 atom stereocenters. The molecule has 1 saturated heterocycles. The predicted molar refractivity (Wildman–Crippen MR) is 130 cm³/mol. The molecule has 0 radical (unpaired) electrons. The molecule has 36 heavy (non-hydrogen) atoms. The molecule has 1 amide bonds. The number of carbonyl (C=O) groups excluding carboxylic acids is 1. The standard InChI is InChI=1S/C27H24F3N3O3/c28-15-36-19-3-4-20-22(13-19)27(35)33(14-23(20)26(34)31-8-5-16(29)6-9-31)18-11-24(30)21-7-10-32(17-1-2-17)25(21)12-18/h3-4,7,10-14,16-17H,1-2,5-6,8-9,15H2. The SMILES string of the molecule is O=C(c1cn(-c2cc(F)c3ccn(C4CC4)c3c2)c(=O)c2cc(OCF)ccc12)N1CCC(F)CC1. The van der Waals surface area contributed by atoms with Gasteiger partial charge in [-0.3, -0.25) is 14.2 Å². The van der Waals surface area contributed by atoms with Crippen LogP contribution in [0.1, 0.15) is 42.1 Å². The molecule has 2 fully saturated rings. The second kappa shape index (κ2) is 8.72. The van der Waals surface area contributed by atoms with Crippen molar-refractivity contribution in [1.82, 2.24) is 14.0 Å². The number of piperidine rings is 1. The van der Waals surface area contributed by atoms with E-state index in [9.17, 15) is 18.4 Å². The first-order chi connectivity index (χ1) is 17.4. The fourth-order valence-corrected chi connectivity index (χ4v) is 5.07. The molecule has 0 unspecified atom stereocenters. The summed E-state index contributed by atoms with van der Waals surface area (Å²) in [5, 5.41) is 0.978. The fourth-order valence-electron chi connectivity index (χ4n) is 5.07. The number of carbonyl (C=O) groups is 1. The molecular formula is C27H24F3N3O3. The van der Waals surface area contributed by atoms with E-state index in [1.54, 1.807) is 23.1 Å². The largest absolute Gasteiger partial charge is 0.463 e. The molecule has 186 valence electrons. The molecule has 4 aromatic rings. The zero-order valence-corrected chi connectivity index (χ0v) is 19.4. The van der Waals surface area contributed by atoms with E-state index in [2.05, 4.69) is 0 Å². The minimum absolute atomic E-state index is 0.140. The molecule has 0 bridgehead atoms. The first kappa shape index (κ1) is 22.7. The number of pyridine rings is 1. The van der Waals surface area contributed by atoms with E-state index in [0.29, 0.717) is 22.3 Å². The Kier molecular flexibility index (Phi) is 5.50. The second-order valence-corrected chi connectivity index (χ2v) is 9.46. The monoisotopic (exact) mass is 495 g/mol. The molecule has 2 aliphatic rings. The Balaban J connectivity index is 1.55. The van der Waals surface area contributed by atoms with Crippen LogP contribution in [0.3, 0.4) is 0 Å². The van der Waals surface area contributed by atoms with Crippen LogP contribution in [-0.4, -0.2) is 46.1 Å². The van der Waals surface area contributed by atoms with Crippen LogP contribution in [0.5, 0.6) is 5.75 Å². The summed E-state index contributed by atoms with van der Waals surface area (Å²) in [5.41, 5.74) is 0.691. The van der Waals surface area contributed by atoms with E-state index in [0.717, 1.165) is 12.8 Å². The zero-order valence-electron chi connectivity index (χ0n) is 19.4. The summed E-state index contributed by atoms with van der Waals surface area (Å²) in [6, 6.07) is 9.47. The van der Waals surface area contributed by atoms with Gasteiger partial charge in [-0.15, -0.1) is 0 Å². The molecule has 6 nitrogen and oxygen atoms in total. The molecule has 1 saturated carbocycles. The van der Waals surface area contributed by atoms with Crippen molar-refractivity contribution < 1.29 is 22.7 Å². The summed E-state index contributed by atoms with van der Waals surface area (Å²) in [7, 11) is 0. The molecule has 2 aromatic heterocycles. The fraction of sp³-hybridized carbons (Fsp3) is 0.333. The predicted octanol–water partition coefficient (Wildman–Crippen LogP) is 5.30. The van der Waals surface area contributed by atoms with E-state index in [4.69, 9.17) is 4.74 Å². The van der Waals surface area contributed by atoms with Crippen LogP contribution in [0.15, 0.2) is 53.6 Å². The highest BCUT2D eigenvalue weighted by molar-refractivity contribution is 6.07. The smallest absolute Gasteiger partial charge is 0.263 e. The Labute approximate surface area is 204 Å². The zero-order chi connectivity index (χ0) is 25.0. The average Bonchev–Trinajstić information content (AvgIpc) is 3.63.